The lowest BCUT2D eigenvalue weighted by Crippen LogP contribution is -2.33. The van der Waals surface area contributed by atoms with Gasteiger partial charge in [0, 0.05) is 43.3 Å². The van der Waals surface area contributed by atoms with Crippen LogP contribution in [-0.4, -0.2) is 52.1 Å². The van der Waals surface area contributed by atoms with E-state index in [-0.39, 0.29) is 25.5 Å². The molecule has 2 heterocycles. The van der Waals surface area contributed by atoms with Crippen LogP contribution in [0, 0.1) is 6.92 Å². The van der Waals surface area contributed by atoms with E-state index in [4.69, 9.17) is 25.9 Å². The molecule has 0 bridgehead atoms. The smallest absolute Gasteiger partial charge is 0.255 e. The first-order valence-corrected chi connectivity index (χ1v) is 16.3. The Kier molecular flexibility index (Phi) is 19.5. The molecular formula is C39H45ClN4O5. The highest BCUT2D eigenvalue weighted by Crippen LogP contribution is 2.30. The minimum Gasteiger partial charge on any atom is -0.487 e. The Hall–Kier alpha value is -5.25. The predicted octanol–water partition coefficient (Wildman–Crippen LogP) is 7.09. The van der Waals surface area contributed by atoms with E-state index < -0.39 is 0 Å². The molecule has 0 spiro atoms. The third kappa shape index (κ3) is 15.0. The number of aliphatic hydroxyl groups is 1. The SMILES string of the molecule is CC.Cc1ccccn1.NC=O.O=C(c1ccccc1Cl)N(CCc1ccccn1)Cc1ccc(OCc2ccccc2)c(OCCO)c1. The second-order valence-electron chi connectivity index (χ2n) is 10.0. The lowest BCUT2D eigenvalue weighted by atomic mass is 10.1. The molecule has 5 aromatic rings. The number of carbonyl (C=O) groups excluding carboxylic acids is 2. The van der Waals surface area contributed by atoms with Crippen molar-refractivity contribution < 1.29 is 24.2 Å². The summed E-state index contributed by atoms with van der Waals surface area (Å²) in [6.07, 6.45) is 4.38. The summed E-state index contributed by atoms with van der Waals surface area (Å²) in [4.78, 5) is 32.2. The van der Waals surface area contributed by atoms with E-state index in [0.717, 1.165) is 22.5 Å². The van der Waals surface area contributed by atoms with Gasteiger partial charge in [-0.05, 0) is 66.6 Å². The van der Waals surface area contributed by atoms with Crippen LogP contribution < -0.4 is 15.2 Å². The quantitative estimate of drug-likeness (QED) is 0.134. The number of aromatic nitrogens is 2. The minimum atomic E-state index is -0.163. The van der Waals surface area contributed by atoms with Gasteiger partial charge in [-0.3, -0.25) is 19.6 Å². The molecule has 0 unspecified atom stereocenters. The van der Waals surface area contributed by atoms with Crippen molar-refractivity contribution >= 4 is 23.9 Å². The first-order chi connectivity index (χ1) is 23.9. The third-order valence-corrected chi connectivity index (χ3v) is 6.87. The summed E-state index contributed by atoms with van der Waals surface area (Å²) in [6.45, 7) is 7.17. The first-order valence-electron chi connectivity index (χ1n) is 15.9. The second kappa shape index (κ2) is 24.0. The molecule has 2 amide bonds. The third-order valence-electron chi connectivity index (χ3n) is 6.54. The molecule has 3 aromatic carbocycles. The Bertz CT molecular complexity index is 1630. The molecule has 2 aromatic heterocycles. The van der Waals surface area contributed by atoms with Crippen LogP contribution in [0.2, 0.25) is 5.02 Å². The summed E-state index contributed by atoms with van der Waals surface area (Å²) >= 11 is 6.35. The van der Waals surface area contributed by atoms with Crippen molar-refractivity contribution in [3.05, 3.63) is 155 Å². The normalized spacial score (nSPS) is 9.65. The maximum Gasteiger partial charge on any atom is 0.255 e. The van der Waals surface area contributed by atoms with Gasteiger partial charge in [0.25, 0.3) is 5.91 Å². The van der Waals surface area contributed by atoms with Gasteiger partial charge in [0.05, 0.1) is 17.2 Å². The lowest BCUT2D eigenvalue weighted by Gasteiger charge is -2.24. The van der Waals surface area contributed by atoms with Gasteiger partial charge in [0.1, 0.15) is 13.2 Å². The molecule has 0 aliphatic carbocycles. The average molecular weight is 685 g/mol. The van der Waals surface area contributed by atoms with Crippen LogP contribution in [0.3, 0.4) is 0 Å². The molecule has 5 rings (SSSR count). The van der Waals surface area contributed by atoms with Crippen LogP contribution in [0.4, 0.5) is 0 Å². The number of rotatable bonds is 12. The summed E-state index contributed by atoms with van der Waals surface area (Å²) < 4.78 is 11.8. The molecule has 10 heteroatoms. The molecule has 3 N–H and O–H groups in total. The summed E-state index contributed by atoms with van der Waals surface area (Å²) in [7, 11) is 0. The molecular weight excluding hydrogens is 640 g/mol. The number of nitrogens with zero attached hydrogens (tertiary/aromatic N) is 3. The number of carbonyl (C=O) groups is 2. The van der Waals surface area contributed by atoms with E-state index in [1.54, 1.807) is 41.6 Å². The maximum atomic E-state index is 13.5. The summed E-state index contributed by atoms with van der Waals surface area (Å²) in [5.74, 6) is 0.916. The van der Waals surface area contributed by atoms with Gasteiger partial charge in [0.15, 0.2) is 11.5 Å². The molecule has 258 valence electrons. The fraction of sp³-hybridized carbons (Fsp3) is 0.231. The Labute approximate surface area is 294 Å². The van der Waals surface area contributed by atoms with Gasteiger partial charge < -0.3 is 25.2 Å². The van der Waals surface area contributed by atoms with E-state index in [2.05, 4.69) is 15.7 Å². The van der Waals surface area contributed by atoms with Gasteiger partial charge in [-0.1, -0.05) is 86.1 Å². The number of hydrogen-bond donors (Lipinski definition) is 2. The number of amides is 2. The molecule has 0 aliphatic rings. The monoisotopic (exact) mass is 684 g/mol. The Morgan fingerprint density at radius 2 is 1.49 bits per heavy atom. The zero-order chi connectivity index (χ0) is 35.7. The highest BCUT2D eigenvalue weighted by molar-refractivity contribution is 6.33. The number of hydrogen-bond acceptors (Lipinski definition) is 7. The van der Waals surface area contributed by atoms with E-state index in [9.17, 15) is 9.90 Å². The molecule has 0 fully saturated rings. The van der Waals surface area contributed by atoms with Crippen molar-refractivity contribution in [2.24, 2.45) is 5.73 Å². The Balaban J connectivity index is 0.000000594. The number of aliphatic hydroxyl groups excluding tert-OH is 1. The van der Waals surface area contributed by atoms with E-state index >= 15 is 0 Å². The molecule has 0 aliphatic heterocycles. The van der Waals surface area contributed by atoms with Crippen LogP contribution >= 0.6 is 11.6 Å². The molecule has 9 nitrogen and oxygen atoms in total. The van der Waals surface area contributed by atoms with Crippen molar-refractivity contribution in [2.75, 3.05) is 19.8 Å². The summed E-state index contributed by atoms with van der Waals surface area (Å²) in [6, 6.07) is 34.1. The number of halogens is 1. The van der Waals surface area contributed by atoms with Crippen molar-refractivity contribution in [3.8, 4) is 11.5 Å². The summed E-state index contributed by atoms with van der Waals surface area (Å²) in [5.41, 5.74) is 8.48. The van der Waals surface area contributed by atoms with Gasteiger partial charge in [-0.15, -0.1) is 0 Å². The zero-order valence-electron chi connectivity index (χ0n) is 28.2. The lowest BCUT2D eigenvalue weighted by molar-refractivity contribution is -0.106. The molecule has 0 saturated carbocycles. The van der Waals surface area contributed by atoms with Crippen molar-refractivity contribution in [3.63, 3.8) is 0 Å². The highest BCUT2D eigenvalue weighted by atomic mass is 35.5. The van der Waals surface area contributed by atoms with Crippen LogP contribution in [0.5, 0.6) is 11.5 Å². The first kappa shape index (κ1) is 39.9. The Morgan fingerprint density at radius 1 is 0.837 bits per heavy atom. The average Bonchev–Trinajstić information content (AvgIpc) is 3.14. The minimum absolute atomic E-state index is 0.121. The van der Waals surface area contributed by atoms with Crippen LogP contribution in [0.25, 0.3) is 0 Å². The van der Waals surface area contributed by atoms with Crippen LogP contribution in [0.15, 0.2) is 122 Å². The van der Waals surface area contributed by atoms with Gasteiger partial charge in [-0.25, -0.2) is 0 Å². The maximum absolute atomic E-state index is 13.5. The molecule has 0 radical (unpaired) electrons. The largest absolute Gasteiger partial charge is 0.487 e. The number of ether oxygens (including phenoxy) is 2. The van der Waals surface area contributed by atoms with Gasteiger partial charge in [0.2, 0.25) is 6.41 Å². The number of benzene rings is 3. The Morgan fingerprint density at radius 3 is 2.08 bits per heavy atom. The van der Waals surface area contributed by atoms with Crippen molar-refractivity contribution in [1.82, 2.24) is 14.9 Å². The zero-order valence-corrected chi connectivity index (χ0v) is 29.0. The van der Waals surface area contributed by atoms with Crippen LogP contribution in [0.1, 0.15) is 46.7 Å². The van der Waals surface area contributed by atoms with E-state index in [0.29, 0.717) is 48.2 Å². The number of pyridine rings is 2. The molecule has 0 atom stereocenters. The van der Waals surface area contributed by atoms with Crippen molar-refractivity contribution in [1.29, 1.82) is 0 Å². The fourth-order valence-corrected chi connectivity index (χ4v) is 4.51. The van der Waals surface area contributed by atoms with E-state index in [1.807, 2.05) is 106 Å². The second-order valence-corrected chi connectivity index (χ2v) is 10.4. The van der Waals surface area contributed by atoms with Gasteiger partial charge in [-0.2, -0.15) is 0 Å². The topological polar surface area (TPSA) is 128 Å². The molecule has 49 heavy (non-hydrogen) atoms. The number of aryl methyl sites for hydroxylation is 1. The fourth-order valence-electron chi connectivity index (χ4n) is 4.30. The van der Waals surface area contributed by atoms with Gasteiger partial charge >= 0.3 is 0 Å². The summed E-state index contributed by atoms with van der Waals surface area (Å²) in [5, 5.41) is 9.72. The van der Waals surface area contributed by atoms with Crippen molar-refractivity contribution in [2.45, 2.75) is 40.3 Å². The van der Waals surface area contributed by atoms with Crippen LogP contribution in [-0.2, 0) is 24.4 Å². The molecule has 0 saturated heterocycles. The predicted molar refractivity (Wildman–Crippen MR) is 195 cm³/mol. The van der Waals surface area contributed by atoms with E-state index in [1.165, 1.54) is 0 Å². The number of nitrogens with two attached hydrogens (primary N) is 1. The highest BCUT2D eigenvalue weighted by Gasteiger charge is 2.20. The number of primary amides is 1. The standard InChI is InChI=1S/C30H29ClN2O4.C6H7N.C2H6.CH3NO/c31-27-12-5-4-11-26(27)30(35)33(17-15-25-10-6-7-16-32-25)21-24-13-14-28(29(20-24)36-19-18-34)37-22-23-8-2-1-3-9-23;1-6-4-2-3-5-7-6;1-2;2-1-3/h1-14,16,20,34H,15,17-19,21-22H2;2-5H,1H3;1-2H3;1H,(H2,2,3).